The van der Waals surface area contributed by atoms with E-state index in [4.69, 9.17) is 0 Å². The molecule has 1 amide bonds. The lowest BCUT2D eigenvalue weighted by molar-refractivity contribution is -0.116. The van der Waals surface area contributed by atoms with E-state index in [0.29, 0.717) is 36.1 Å². The summed E-state index contributed by atoms with van der Waals surface area (Å²) in [4.78, 5) is 12.7. The van der Waals surface area contributed by atoms with Gasteiger partial charge in [0.15, 0.2) is 0 Å². The fourth-order valence-electron chi connectivity index (χ4n) is 3.61. The largest absolute Gasteiger partial charge is 0.323 e. The van der Waals surface area contributed by atoms with Crippen molar-refractivity contribution in [3.8, 4) is 0 Å². The number of carbonyl (C=O) groups excluding carboxylic acids is 1. The maximum Gasteiger partial charge on any atom is 0.246 e. The van der Waals surface area contributed by atoms with Gasteiger partial charge in [-0.2, -0.15) is 9.40 Å². The number of hydrogen-bond acceptors (Lipinski definition) is 4. The highest BCUT2D eigenvalue weighted by molar-refractivity contribution is 9.10. The van der Waals surface area contributed by atoms with Crippen molar-refractivity contribution >= 4 is 37.5 Å². The van der Waals surface area contributed by atoms with Crippen LogP contribution < -0.4 is 5.32 Å². The minimum atomic E-state index is -3.62. The topological polar surface area (TPSA) is 84.3 Å². The molecule has 2 aromatic rings. The first-order chi connectivity index (χ1) is 13.6. The molecule has 1 saturated heterocycles. The number of nitrogens with zero attached hydrogens (tertiary/aromatic N) is 3. The molecule has 3 rings (SSSR count). The molecule has 1 aromatic carbocycles. The quantitative estimate of drug-likeness (QED) is 0.704. The third kappa shape index (κ3) is 4.73. The normalized spacial score (nSPS) is 16.2. The first-order valence-electron chi connectivity index (χ1n) is 9.69. The number of aromatic nitrogens is 2. The Balaban J connectivity index is 1.79. The second-order valence-electron chi connectivity index (χ2n) is 7.78. The van der Waals surface area contributed by atoms with Crippen molar-refractivity contribution < 1.29 is 13.2 Å². The number of carbonyl (C=O) groups is 1. The molecule has 0 spiro atoms. The molecule has 7 nitrogen and oxygen atoms in total. The van der Waals surface area contributed by atoms with E-state index < -0.39 is 10.0 Å². The second-order valence-corrected chi connectivity index (χ2v) is 10.5. The molecule has 1 aliphatic rings. The van der Waals surface area contributed by atoms with Crippen LogP contribution in [0, 0.1) is 26.7 Å². The van der Waals surface area contributed by atoms with Crippen LogP contribution in [-0.4, -0.2) is 41.5 Å². The highest BCUT2D eigenvalue weighted by atomic mass is 79.9. The summed E-state index contributed by atoms with van der Waals surface area (Å²) in [5.74, 6) is 0.270. The van der Waals surface area contributed by atoms with Gasteiger partial charge in [-0.15, -0.1) is 0 Å². The van der Waals surface area contributed by atoms with Gasteiger partial charge in [0, 0.05) is 17.6 Å². The highest BCUT2D eigenvalue weighted by Gasteiger charge is 2.33. The van der Waals surface area contributed by atoms with Crippen LogP contribution >= 0.6 is 15.9 Å². The summed E-state index contributed by atoms with van der Waals surface area (Å²) in [7, 11) is -3.62. The van der Waals surface area contributed by atoms with Crippen molar-refractivity contribution in [2.75, 3.05) is 18.4 Å². The molecule has 0 atom stereocenters. The molecule has 1 fully saturated rings. The van der Waals surface area contributed by atoms with E-state index in [1.807, 2.05) is 25.1 Å². The van der Waals surface area contributed by atoms with Gasteiger partial charge >= 0.3 is 0 Å². The molecule has 29 heavy (non-hydrogen) atoms. The van der Waals surface area contributed by atoms with Crippen LogP contribution in [0.1, 0.15) is 36.7 Å². The predicted octanol–water partition coefficient (Wildman–Crippen LogP) is 3.63. The fourth-order valence-corrected chi connectivity index (χ4v) is 6.04. The van der Waals surface area contributed by atoms with E-state index in [1.54, 1.807) is 13.8 Å². The molecule has 1 aromatic heterocycles. The third-order valence-electron chi connectivity index (χ3n) is 5.35. The van der Waals surface area contributed by atoms with E-state index in [2.05, 4.69) is 33.3 Å². The summed E-state index contributed by atoms with van der Waals surface area (Å²) >= 11 is 3.44. The molecule has 0 unspecified atom stereocenters. The first kappa shape index (κ1) is 22.0. The number of nitrogens with one attached hydrogen (secondary N) is 1. The first-order valence-corrected chi connectivity index (χ1v) is 11.9. The van der Waals surface area contributed by atoms with E-state index >= 15 is 0 Å². The number of anilines is 1. The monoisotopic (exact) mass is 482 g/mol. The summed E-state index contributed by atoms with van der Waals surface area (Å²) in [6.07, 6.45) is 1.72. The predicted molar refractivity (Wildman–Crippen MR) is 116 cm³/mol. The van der Waals surface area contributed by atoms with Crippen molar-refractivity contribution in [2.45, 2.75) is 52.0 Å². The second kappa shape index (κ2) is 8.57. The third-order valence-corrected chi connectivity index (χ3v) is 8.16. The van der Waals surface area contributed by atoms with Gasteiger partial charge in [-0.1, -0.05) is 13.0 Å². The van der Waals surface area contributed by atoms with Gasteiger partial charge in [-0.05, 0) is 73.2 Å². The van der Waals surface area contributed by atoms with E-state index in [1.165, 1.54) is 8.99 Å². The number of sulfonamides is 1. The fraction of sp³-hybridized carbons (Fsp3) is 0.500. The molecule has 9 heteroatoms. The van der Waals surface area contributed by atoms with Crippen molar-refractivity contribution in [1.29, 1.82) is 0 Å². The Morgan fingerprint density at radius 3 is 2.52 bits per heavy atom. The van der Waals surface area contributed by atoms with Gasteiger partial charge in [0.05, 0.1) is 17.1 Å². The molecule has 0 saturated carbocycles. The number of benzene rings is 1. The minimum absolute atomic E-state index is 0.0560. The van der Waals surface area contributed by atoms with Crippen LogP contribution in [0.3, 0.4) is 0 Å². The van der Waals surface area contributed by atoms with Crippen molar-refractivity contribution in [3.05, 3.63) is 39.6 Å². The molecule has 1 aliphatic heterocycles. The zero-order valence-corrected chi connectivity index (χ0v) is 19.6. The zero-order valence-electron chi connectivity index (χ0n) is 17.2. The summed E-state index contributed by atoms with van der Waals surface area (Å²) < 4.78 is 30.1. The SMILES string of the molecule is Cc1ccc(NC(=O)Cn2nc(C)c(S(=O)(=O)N3CCC(C)CC3)c2C)c(Br)c1. The number of aryl methyl sites for hydroxylation is 2. The maximum absolute atomic E-state index is 13.2. The highest BCUT2D eigenvalue weighted by Crippen LogP contribution is 2.28. The van der Waals surface area contributed by atoms with Gasteiger partial charge < -0.3 is 5.32 Å². The van der Waals surface area contributed by atoms with Gasteiger partial charge in [0.25, 0.3) is 0 Å². The number of hydrogen-bond donors (Lipinski definition) is 1. The Bertz CT molecular complexity index is 1020. The van der Waals surface area contributed by atoms with Crippen LogP contribution in [-0.2, 0) is 21.4 Å². The molecule has 158 valence electrons. The van der Waals surface area contributed by atoms with Crippen LogP contribution in [0.15, 0.2) is 27.6 Å². The van der Waals surface area contributed by atoms with Gasteiger partial charge in [-0.25, -0.2) is 8.42 Å². The molecule has 0 radical (unpaired) electrons. The van der Waals surface area contributed by atoms with Crippen molar-refractivity contribution in [2.24, 2.45) is 5.92 Å². The molecule has 0 bridgehead atoms. The van der Waals surface area contributed by atoms with E-state index in [9.17, 15) is 13.2 Å². The van der Waals surface area contributed by atoms with Gasteiger partial charge in [-0.3, -0.25) is 9.48 Å². The van der Waals surface area contributed by atoms with Gasteiger partial charge in [0.1, 0.15) is 11.4 Å². The number of rotatable bonds is 5. The average Bonchev–Trinajstić information content (AvgIpc) is 2.91. The molecular formula is C20H27BrN4O3S. The minimum Gasteiger partial charge on any atom is -0.323 e. The standard InChI is InChI=1S/C20H27BrN4O3S/c1-13-7-9-24(10-8-13)29(27,28)20-15(3)23-25(16(20)4)12-19(26)22-18-6-5-14(2)11-17(18)21/h5-6,11,13H,7-10,12H2,1-4H3,(H,22,26). The molecule has 2 heterocycles. The summed E-state index contributed by atoms with van der Waals surface area (Å²) in [5, 5.41) is 7.18. The Hall–Kier alpha value is -1.71. The number of amides is 1. The summed E-state index contributed by atoms with van der Waals surface area (Å²) in [6, 6.07) is 5.66. The Kier molecular flexibility index (Phi) is 6.50. The zero-order chi connectivity index (χ0) is 21.3. The van der Waals surface area contributed by atoms with Crippen LogP contribution in [0.2, 0.25) is 0 Å². The average molecular weight is 483 g/mol. The molecular weight excluding hydrogens is 456 g/mol. The van der Waals surface area contributed by atoms with Crippen molar-refractivity contribution in [1.82, 2.24) is 14.1 Å². The van der Waals surface area contributed by atoms with Crippen LogP contribution in [0.5, 0.6) is 0 Å². The molecule has 0 aliphatic carbocycles. The summed E-state index contributed by atoms with van der Waals surface area (Å²) in [5.41, 5.74) is 2.65. The Morgan fingerprint density at radius 2 is 1.90 bits per heavy atom. The lowest BCUT2D eigenvalue weighted by Gasteiger charge is -2.29. The van der Waals surface area contributed by atoms with Crippen LogP contribution in [0.25, 0.3) is 0 Å². The van der Waals surface area contributed by atoms with Crippen LogP contribution in [0.4, 0.5) is 5.69 Å². The van der Waals surface area contributed by atoms with E-state index in [-0.39, 0.29) is 17.3 Å². The lowest BCUT2D eigenvalue weighted by atomic mass is 10.0. The lowest BCUT2D eigenvalue weighted by Crippen LogP contribution is -2.38. The summed E-state index contributed by atoms with van der Waals surface area (Å²) in [6.45, 7) is 8.48. The Labute approximate surface area is 180 Å². The number of halogens is 1. The van der Waals surface area contributed by atoms with E-state index in [0.717, 1.165) is 22.9 Å². The smallest absolute Gasteiger partial charge is 0.246 e. The maximum atomic E-state index is 13.2. The van der Waals surface area contributed by atoms with Crippen molar-refractivity contribution in [3.63, 3.8) is 0 Å². The molecule has 1 N–H and O–H groups in total. The van der Waals surface area contributed by atoms with Gasteiger partial charge in [0.2, 0.25) is 15.9 Å². The number of piperidine rings is 1. The Morgan fingerprint density at radius 1 is 1.24 bits per heavy atom.